The number of nitro benzene ring substituents is 1. The molecule has 1 amide bonds. The number of amides is 1. The molecule has 31 heavy (non-hydrogen) atoms. The first-order valence-corrected chi connectivity index (χ1v) is 10.2. The Morgan fingerprint density at radius 2 is 1.84 bits per heavy atom. The maximum atomic E-state index is 12.5. The zero-order chi connectivity index (χ0) is 22.5. The predicted octanol–water partition coefficient (Wildman–Crippen LogP) is 4.06. The van der Waals surface area contributed by atoms with Crippen molar-refractivity contribution < 1.29 is 19.6 Å². The smallest absolute Gasteiger partial charge is 0.337 e. The van der Waals surface area contributed by atoms with Crippen LogP contribution in [0.3, 0.4) is 0 Å². The molecule has 0 radical (unpaired) electrons. The van der Waals surface area contributed by atoms with E-state index in [0.717, 1.165) is 32.4 Å². The number of benzene rings is 2. The summed E-state index contributed by atoms with van der Waals surface area (Å²) in [6.45, 7) is 1.47. The summed E-state index contributed by atoms with van der Waals surface area (Å²) in [6.07, 6.45) is 3.03. The first kappa shape index (κ1) is 22.4. The van der Waals surface area contributed by atoms with Gasteiger partial charge in [0.05, 0.1) is 15.5 Å². The van der Waals surface area contributed by atoms with E-state index in [2.05, 4.69) is 10.6 Å². The standard InChI is InChI=1S/C20H19ClN4O5S/c21-15-6-5-13(11-14(15)19(27)28)22-20(31)23-18(26)12-4-7-16(17(10-12)25(29)30)24-8-2-1-3-9-24/h4-7,10-11H,1-3,8-9H2,(H,27,28)(H2,22,23,26,31). The molecule has 0 aliphatic carbocycles. The number of carbonyl (C=O) groups is 2. The summed E-state index contributed by atoms with van der Waals surface area (Å²) >= 11 is 10.9. The molecule has 0 bridgehead atoms. The Kier molecular flexibility index (Phi) is 7.03. The van der Waals surface area contributed by atoms with Gasteiger partial charge in [-0.2, -0.15) is 0 Å². The molecule has 2 aromatic rings. The topological polar surface area (TPSA) is 125 Å². The fourth-order valence-corrected chi connectivity index (χ4v) is 3.73. The van der Waals surface area contributed by atoms with Gasteiger partial charge in [-0.25, -0.2) is 4.79 Å². The molecular formula is C20H19ClN4O5S. The summed E-state index contributed by atoms with van der Waals surface area (Å²) in [5.41, 5.74) is 0.628. The van der Waals surface area contributed by atoms with Crippen molar-refractivity contribution in [3.05, 3.63) is 62.7 Å². The van der Waals surface area contributed by atoms with Crippen LogP contribution in [0, 0.1) is 10.1 Å². The average Bonchev–Trinajstić information content (AvgIpc) is 2.75. The Balaban J connectivity index is 1.73. The summed E-state index contributed by atoms with van der Waals surface area (Å²) in [5, 5.41) is 25.8. The van der Waals surface area contributed by atoms with Gasteiger partial charge in [-0.3, -0.25) is 20.2 Å². The molecular weight excluding hydrogens is 444 g/mol. The van der Waals surface area contributed by atoms with Crippen molar-refractivity contribution in [3.63, 3.8) is 0 Å². The van der Waals surface area contributed by atoms with Gasteiger partial charge in [-0.15, -0.1) is 0 Å². The lowest BCUT2D eigenvalue weighted by Crippen LogP contribution is -2.34. The van der Waals surface area contributed by atoms with Crippen LogP contribution in [0.15, 0.2) is 36.4 Å². The lowest BCUT2D eigenvalue weighted by molar-refractivity contribution is -0.384. The van der Waals surface area contributed by atoms with Crippen LogP contribution in [0.25, 0.3) is 0 Å². The molecule has 0 atom stereocenters. The second kappa shape index (κ2) is 9.71. The third-order valence-corrected chi connectivity index (χ3v) is 5.35. The van der Waals surface area contributed by atoms with Crippen molar-refractivity contribution in [2.45, 2.75) is 19.3 Å². The largest absolute Gasteiger partial charge is 0.478 e. The van der Waals surface area contributed by atoms with Crippen molar-refractivity contribution in [3.8, 4) is 0 Å². The minimum atomic E-state index is -1.20. The quantitative estimate of drug-likeness (QED) is 0.345. The summed E-state index contributed by atoms with van der Waals surface area (Å²) < 4.78 is 0. The fraction of sp³-hybridized carbons (Fsp3) is 0.250. The van der Waals surface area contributed by atoms with Gasteiger partial charge in [-0.1, -0.05) is 11.6 Å². The number of carbonyl (C=O) groups excluding carboxylic acids is 1. The molecule has 1 aliphatic heterocycles. The number of hydrogen-bond donors (Lipinski definition) is 3. The molecule has 3 rings (SSSR count). The number of nitrogens with zero attached hydrogens (tertiary/aromatic N) is 2. The van der Waals surface area contributed by atoms with Gasteiger partial charge in [-0.05, 0) is 61.8 Å². The van der Waals surface area contributed by atoms with Gasteiger partial charge in [0.15, 0.2) is 5.11 Å². The normalized spacial score (nSPS) is 13.4. The highest BCUT2D eigenvalue weighted by Gasteiger charge is 2.23. The molecule has 2 aromatic carbocycles. The Morgan fingerprint density at radius 3 is 2.48 bits per heavy atom. The Bertz CT molecular complexity index is 1060. The van der Waals surface area contributed by atoms with E-state index in [0.29, 0.717) is 11.4 Å². The predicted molar refractivity (Wildman–Crippen MR) is 121 cm³/mol. The number of aromatic carboxylic acids is 1. The highest BCUT2D eigenvalue weighted by atomic mass is 35.5. The highest BCUT2D eigenvalue weighted by Crippen LogP contribution is 2.31. The molecule has 1 heterocycles. The molecule has 0 aromatic heterocycles. The van der Waals surface area contributed by atoms with Crippen molar-refractivity contribution in [1.29, 1.82) is 0 Å². The van der Waals surface area contributed by atoms with E-state index in [-0.39, 0.29) is 26.9 Å². The second-order valence-corrected chi connectivity index (χ2v) is 7.73. The van der Waals surface area contributed by atoms with E-state index < -0.39 is 16.8 Å². The van der Waals surface area contributed by atoms with Crippen LogP contribution in [0.4, 0.5) is 17.1 Å². The SMILES string of the molecule is O=C(NC(=S)Nc1ccc(Cl)c(C(=O)O)c1)c1ccc(N2CCCCC2)c([N+](=O)[O-])c1. The molecule has 162 valence electrons. The molecule has 0 unspecified atom stereocenters. The number of thiocarbonyl (C=S) groups is 1. The number of carboxylic acids is 1. The molecule has 9 nitrogen and oxygen atoms in total. The Labute approximate surface area is 188 Å². The Morgan fingerprint density at radius 1 is 1.13 bits per heavy atom. The Hall–Kier alpha value is -3.24. The van der Waals surface area contributed by atoms with Crippen molar-refractivity contribution in [2.24, 2.45) is 0 Å². The molecule has 1 saturated heterocycles. The molecule has 0 spiro atoms. The van der Waals surface area contributed by atoms with Gasteiger partial charge in [0.1, 0.15) is 5.69 Å². The van der Waals surface area contributed by atoms with Gasteiger partial charge in [0, 0.05) is 30.4 Å². The van der Waals surface area contributed by atoms with Crippen molar-refractivity contribution >= 4 is 57.9 Å². The molecule has 11 heteroatoms. The number of nitro groups is 1. The first-order chi connectivity index (χ1) is 14.8. The van der Waals surface area contributed by atoms with Gasteiger partial charge in [0.2, 0.25) is 0 Å². The number of anilines is 2. The van der Waals surface area contributed by atoms with Crippen LogP contribution in [0.1, 0.15) is 40.0 Å². The lowest BCUT2D eigenvalue weighted by Gasteiger charge is -2.28. The summed E-state index contributed by atoms with van der Waals surface area (Å²) in [5.74, 6) is -1.83. The number of nitrogens with one attached hydrogen (secondary N) is 2. The molecule has 3 N–H and O–H groups in total. The first-order valence-electron chi connectivity index (χ1n) is 9.45. The van der Waals surface area contributed by atoms with Crippen LogP contribution < -0.4 is 15.5 Å². The minimum Gasteiger partial charge on any atom is -0.478 e. The summed E-state index contributed by atoms with van der Waals surface area (Å²) in [4.78, 5) is 36.7. The molecule has 1 aliphatic rings. The van der Waals surface area contributed by atoms with Gasteiger partial charge < -0.3 is 15.3 Å². The van der Waals surface area contributed by atoms with Gasteiger partial charge in [0.25, 0.3) is 11.6 Å². The van der Waals surface area contributed by atoms with Crippen LogP contribution >= 0.6 is 23.8 Å². The zero-order valence-corrected chi connectivity index (χ0v) is 17.8. The number of hydrogen-bond acceptors (Lipinski definition) is 6. The minimum absolute atomic E-state index is 0.0640. The number of piperidine rings is 1. The summed E-state index contributed by atoms with van der Waals surface area (Å²) in [7, 11) is 0. The maximum absolute atomic E-state index is 12.5. The maximum Gasteiger partial charge on any atom is 0.337 e. The average molecular weight is 463 g/mol. The van der Waals surface area contributed by atoms with Crippen molar-refractivity contribution in [1.82, 2.24) is 5.32 Å². The van der Waals surface area contributed by atoms with Crippen LogP contribution in [-0.4, -0.2) is 40.1 Å². The number of halogens is 1. The van der Waals surface area contributed by atoms with E-state index >= 15 is 0 Å². The van der Waals surface area contributed by atoms with E-state index in [4.69, 9.17) is 28.9 Å². The van der Waals surface area contributed by atoms with E-state index in [1.165, 1.54) is 30.3 Å². The second-order valence-electron chi connectivity index (χ2n) is 6.92. The van der Waals surface area contributed by atoms with Crippen molar-refractivity contribution in [2.75, 3.05) is 23.3 Å². The van der Waals surface area contributed by atoms with E-state index in [1.54, 1.807) is 6.07 Å². The van der Waals surface area contributed by atoms with Crippen LogP contribution in [0.5, 0.6) is 0 Å². The number of carboxylic acid groups (broad SMARTS) is 1. The lowest BCUT2D eigenvalue weighted by atomic mass is 10.1. The molecule has 0 saturated carbocycles. The van der Waals surface area contributed by atoms with E-state index in [9.17, 15) is 19.7 Å². The van der Waals surface area contributed by atoms with Crippen LogP contribution in [-0.2, 0) is 0 Å². The highest BCUT2D eigenvalue weighted by molar-refractivity contribution is 7.80. The third-order valence-electron chi connectivity index (χ3n) is 4.81. The monoisotopic (exact) mass is 462 g/mol. The van der Waals surface area contributed by atoms with Gasteiger partial charge >= 0.3 is 5.97 Å². The van der Waals surface area contributed by atoms with Crippen LogP contribution in [0.2, 0.25) is 5.02 Å². The number of rotatable bonds is 5. The van der Waals surface area contributed by atoms with E-state index in [1.807, 2.05) is 4.90 Å². The fourth-order valence-electron chi connectivity index (χ4n) is 3.32. The third kappa shape index (κ3) is 5.47. The zero-order valence-electron chi connectivity index (χ0n) is 16.3. The summed E-state index contributed by atoms with van der Waals surface area (Å²) in [6, 6.07) is 8.49. The molecule has 1 fully saturated rings.